The van der Waals surface area contributed by atoms with Crippen LogP contribution in [0.15, 0.2) is 34.2 Å². The van der Waals surface area contributed by atoms with Crippen molar-refractivity contribution in [2.24, 2.45) is 22.7 Å². The van der Waals surface area contributed by atoms with Gasteiger partial charge in [-0.2, -0.15) is 0 Å². The van der Waals surface area contributed by atoms with Gasteiger partial charge in [0.2, 0.25) is 5.78 Å². The molecule has 12 nitrogen and oxygen atoms in total. The first-order valence-corrected chi connectivity index (χ1v) is 12.0. The van der Waals surface area contributed by atoms with Crippen LogP contribution in [0.2, 0.25) is 0 Å². The van der Waals surface area contributed by atoms with Crippen molar-refractivity contribution in [3.63, 3.8) is 0 Å². The van der Waals surface area contributed by atoms with E-state index in [1.54, 1.807) is 32.0 Å². The number of aliphatic hydroxyl groups is 3. The van der Waals surface area contributed by atoms with Gasteiger partial charge in [0.1, 0.15) is 22.8 Å². The third kappa shape index (κ3) is 3.96. The van der Waals surface area contributed by atoms with Crippen LogP contribution >= 0.6 is 0 Å². The number of rotatable bonds is 6. The van der Waals surface area contributed by atoms with Gasteiger partial charge in [0.15, 0.2) is 18.1 Å². The van der Waals surface area contributed by atoms with Crippen molar-refractivity contribution in [3.05, 3.63) is 45.7 Å². The third-order valence-corrected chi connectivity index (χ3v) is 7.51. The minimum atomic E-state index is -2.67. The molecule has 6 N–H and O–H groups in total. The Hall–Kier alpha value is -3.74. The minimum absolute atomic E-state index is 0.000879. The number of aliphatic hydroxyl groups excluding tert-OH is 2. The predicted octanol–water partition coefficient (Wildman–Crippen LogP) is 0.224. The summed E-state index contributed by atoms with van der Waals surface area (Å²) in [6, 6.07) is 1.84. The van der Waals surface area contributed by atoms with Gasteiger partial charge in [-0.1, -0.05) is 5.16 Å². The molecule has 0 heterocycles. The smallest absolute Gasteiger partial charge is 0.255 e. The summed E-state index contributed by atoms with van der Waals surface area (Å²) < 4.78 is 0. The van der Waals surface area contributed by atoms with E-state index in [0.29, 0.717) is 16.8 Å². The van der Waals surface area contributed by atoms with Crippen molar-refractivity contribution < 1.29 is 39.6 Å². The maximum absolute atomic E-state index is 13.9. The first kappa shape index (κ1) is 27.3. The van der Waals surface area contributed by atoms with Gasteiger partial charge in [-0.05, 0) is 71.6 Å². The molecule has 0 saturated heterocycles. The van der Waals surface area contributed by atoms with Gasteiger partial charge in [-0.25, -0.2) is 0 Å². The van der Waals surface area contributed by atoms with E-state index in [9.17, 15) is 34.8 Å². The zero-order valence-corrected chi connectivity index (χ0v) is 21.8. The molecule has 3 aliphatic rings. The van der Waals surface area contributed by atoms with Crippen LogP contribution in [0.1, 0.15) is 30.0 Å². The normalized spacial score (nSPS) is 27.5. The molecule has 1 fully saturated rings. The summed E-state index contributed by atoms with van der Waals surface area (Å²) in [6.07, 6.45) is 0.174. The van der Waals surface area contributed by atoms with Gasteiger partial charge in [-0.15, -0.1) is 0 Å². The van der Waals surface area contributed by atoms with E-state index in [-0.39, 0.29) is 36.5 Å². The Morgan fingerprint density at radius 1 is 1.18 bits per heavy atom. The fourth-order valence-corrected chi connectivity index (χ4v) is 5.87. The molecular weight excluding hydrogens is 496 g/mol. The van der Waals surface area contributed by atoms with Crippen LogP contribution in [-0.2, 0) is 25.6 Å². The summed E-state index contributed by atoms with van der Waals surface area (Å²) in [7, 11) is 6.73. The van der Waals surface area contributed by atoms with Gasteiger partial charge in [0.25, 0.3) is 5.91 Å². The van der Waals surface area contributed by atoms with Crippen LogP contribution in [0.25, 0.3) is 5.76 Å². The van der Waals surface area contributed by atoms with Gasteiger partial charge < -0.3 is 31.0 Å². The van der Waals surface area contributed by atoms with Gasteiger partial charge in [0.05, 0.1) is 17.3 Å². The number of Topliss-reactive ketones (excluding diaryl/α,β-unsaturated/α-hetero) is 2. The van der Waals surface area contributed by atoms with Crippen LogP contribution in [0, 0.1) is 11.8 Å². The molecule has 1 aromatic carbocycles. The van der Waals surface area contributed by atoms with Gasteiger partial charge >= 0.3 is 0 Å². The maximum atomic E-state index is 13.9. The lowest BCUT2D eigenvalue weighted by atomic mass is 9.57. The van der Waals surface area contributed by atoms with Crippen molar-refractivity contribution in [1.82, 2.24) is 9.80 Å². The van der Waals surface area contributed by atoms with Crippen LogP contribution in [0.4, 0.5) is 0 Å². The van der Waals surface area contributed by atoms with Crippen molar-refractivity contribution in [3.8, 4) is 5.75 Å². The molecule has 1 aromatic rings. The van der Waals surface area contributed by atoms with E-state index in [0.717, 1.165) is 0 Å². The van der Waals surface area contributed by atoms with E-state index in [4.69, 9.17) is 10.6 Å². The number of aromatic hydroxyl groups is 1. The number of nitrogens with two attached hydrogens (primary N) is 1. The Labute approximate surface area is 219 Å². The first-order chi connectivity index (χ1) is 17.7. The number of phenols is 1. The summed E-state index contributed by atoms with van der Waals surface area (Å²) in [5.41, 5.74) is 3.19. The Bertz CT molecular complexity index is 1330. The molecule has 0 aliphatic heterocycles. The van der Waals surface area contributed by atoms with Crippen LogP contribution in [-0.4, -0.2) is 100.0 Å². The summed E-state index contributed by atoms with van der Waals surface area (Å²) in [5, 5.41) is 48.6. The highest BCUT2D eigenvalue weighted by Crippen LogP contribution is 2.52. The summed E-state index contributed by atoms with van der Waals surface area (Å²) in [4.78, 5) is 47.7. The molecule has 1 amide bonds. The third-order valence-electron chi connectivity index (χ3n) is 7.51. The number of benzene rings is 1. The summed E-state index contributed by atoms with van der Waals surface area (Å²) >= 11 is 0. The lowest BCUT2D eigenvalue weighted by Crippen LogP contribution is -2.65. The Morgan fingerprint density at radius 3 is 2.42 bits per heavy atom. The molecular formula is C26H32N4O8. The highest BCUT2D eigenvalue weighted by molar-refractivity contribution is 6.24. The Balaban J connectivity index is 1.90. The number of carbonyl (C=O) groups excluding carboxylic acids is 3. The van der Waals surface area contributed by atoms with E-state index in [1.165, 1.54) is 11.0 Å². The molecule has 38 heavy (non-hydrogen) atoms. The van der Waals surface area contributed by atoms with Crippen molar-refractivity contribution in [2.75, 3.05) is 34.9 Å². The molecule has 4 unspecified atom stereocenters. The van der Waals surface area contributed by atoms with Crippen molar-refractivity contribution in [2.45, 2.75) is 31.4 Å². The second-order valence-corrected chi connectivity index (χ2v) is 10.5. The number of fused-ring (bicyclic) bond motifs is 3. The number of hydrogen-bond donors (Lipinski definition) is 5. The van der Waals surface area contributed by atoms with Crippen molar-refractivity contribution >= 4 is 28.9 Å². The second-order valence-electron chi connectivity index (χ2n) is 10.5. The van der Waals surface area contributed by atoms with E-state index in [2.05, 4.69) is 5.16 Å². The molecule has 204 valence electrons. The number of ketones is 2. The molecule has 0 spiro atoms. The number of phenolic OH excluding ortho intramolecular Hbond substituents is 1. The maximum Gasteiger partial charge on any atom is 0.255 e. The number of likely N-dealkylation sites (N-methyl/N-ethyl adjacent to an activating group) is 1. The molecule has 0 bridgehead atoms. The number of hydrogen-bond acceptors (Lipinski definition) is 11. The SMILES string of the molecule is C/C(=N/OCN(C)C)c1ccc(O)c2c1CC1CC3C(N(C)C)C(=O)C(C(N)=O)=C(O)C3(O)C(=O)C1=C2O. The lowest BCUT2D eigenvalue weighted by molar-refractivity contribution is -0.153. The zero-order chi connectivity index (χ0) is 28.3. The first-order valence-electron chi connectivity index (χ1n) is 12.0. The zero-order valence-electron chi connectivity index (χ0n) is 21.8. The molecule has 12 heteroatoms. The number of primary amides is 1. The largest absolute Gasteiger partial charge is 0.508 e. The number of nitrogens with zero attached hydrogens (tertiary/aromatic N) is 3. The Morgan fingerprint density at radius 2 is 1.84 bits per heavy atom. The fraction of sp³-hybridized carbons (Fsp3) is 0.462. The number of amides is 1. The quantitative estimate of drug-likeness (QED) is 0.148. The van der Waals surface area contributed by atoms with Crippen molar-refractivity contribution in [1.29, 1.82) is 0 Å². The standard InChI is InChI=1S/C26H32N4O8/c1-11(28-38-10-29(2)3)13-6-7-16(31)18-14(13)8-12-9-15-20(30(4)5)22(33)19(25(27)36)24(35)26(15,37)23(34)17(12)21(18)32/h6-7,12,15,20,31-32,35,37H,8-10H2,1-5H3,(H2,27,36)/b28-11-. The molecule has 1 saturated carbocycles. The predicted molar refractivity (Wildman–Crippen MR) is 136 cm³/mol. The van der Waals surface area contributed by atoms with Crippen LogP contribution in [0.5, 0.6) is 5.75 Å². The highest BCUT2D eigenvalue weighted by Gasteiger charge is 2.64. The second kappa shape index (κ2) is 9.53. The van der Waals surface area contributed by atoms with E-state index < -0.39 is 58.0 Å². The molecule has 4 rings (SSSR count). The molecule has 4 atom stereocenters. The average Bonchev–Trinajstić information content (AvgIpc) is 2.80. The van der Waals surface area contributed by atoms with E-state index >= 15 is 0 Å². The summed E-state index contributed by atoms with van der Waals surface area (Å²) in [5.74, 6) is -6.90. The molecule has 0 aromatic heterocycles. The van der Waals surface area contributed by atoms with E-state index in [1.807, 2.05) is 14.1 Å². The van der Waals surface area contributed by atoms with Gasteiger partial charge in [0, 0.05) is 17.1 Å². The lowest BCUT2D eigenvalue weighted by Gasteiger charge is -2.50. The van der Waals surface area contributed by atoms with Crippen LogP contribution < -0.4 is 5.73 Å². The minimum Gasteiger partial charge on any atom is -0.508 e. The topological polar surface area (TPSA) is 186 Å². The number of oxime groups is 1. The fourth-order valence-electron chi connectivity index (χ4n) is 5.87. The summed E-state index contributed by atoms with van der Waals surface area (Å²) in [6.45, 7) is 1.94. The number of carbonyl (C=O) groups is 3. The van der Waals surface area contributed by atoms with Gasteiger partial charge in [-0.3, -0.25) is 24.2 Å². The van der Waals surface area contributed by atoms with Crippen LogP contribution in [0.3, 0.4) is 0 Å². The average molecular weight is 529 g/mol. The Kier molecular flexibility index (Phi) is 6.85. The monoisotopic (exact) mass is 528 g/mol. The highest BCUT2D eigenvalue weighted by atomic mass is 16.6. The molecule has 3 aliphatic carbocycles. The molecule has 0 radical (unpaired) electrons.